The Hall–Kier alpha value is -1.92. The second kappa shape index (κ2) is 7.91. The molecule has 0 aliphatic carbocycles. The topological polar surface area (TPSA) is 56.6 Å². The van der Waals surface area contributed by atoms with Crippen molar-refractivity contribution in [3.8, 4) is 0 Å². The van der Waals surface area contributed by atoms with Crippen molar-refractivity contribution in [1.82, 2.24) is 14.5 Å². The van der Waals surface area contributed by atoms with Crippen molar-refractivity contribution in [2.45, 2.75) is 20.0 Å². The van der Waals surface area contributed by atoms with Gasteiger partial charge in [0.05, 0.1) is 24.2 Å². The first-order valence-electron chi connectivity index (χ1n) is 7.44. The maximum absolute atomic E-state index is 12.0. The number of nitrogens with zero attached hydrogens (tertiary/aromatic N) is 3. The largest absolute Gasteiger partial charge is 0.462 e. The first kappa shape index (κ1) is 16.5. The summed E-state index contributed by atoms with van der Waals surface area (Å²) >= 11 is 0. The summed E-state index contributed by atoms with van der Waals surface area (Å²) in [6.45, 7) is 4.07. The minimum atomic E-state index is -0.275. The smallest absolute Gasteiger partial charge is 0.326 e. The molecule has 2 rings (SSSR count). The summed E-state index contributed by atoms with van der Waals surface area (Å²) in [4.78, 5) is 18.6. The van der Waals surface area contributed by atoms with Gasteiger partial charge >= 0.3 is 5.97 Å². The van der Waals surface area contributed by atoms with Gasteiger partial charge in [0.2, 0.25) is 0 Å². The number of esters is 1. The SMILES string of the molecule is CCOCCOC(=O)Cn1c(CN(C)C)nc2ccccc21. The van der Waals surface area contributed by atoms with E-state index in [0.717, 1.165) is 16.9 Å². The number of fused-ring (bicyclic) bond motifs is 1. The second-order valence-corrected chi connectivity index (χ2v) is 5.26. The van der Waals surface area contributed by atoms with E-state index in [1.54, 1.807) is 0 Å². The predicted octanol–water partition coefficient (Wildman–Crippen LogP) is 1.68. The highest BCUT2D eigenvalue weighted by atomic mass is 16.6. The molecule has 0 radical (unpaired) electrons. The van der Waals surface area contributed by atoms with Crippen LogP contribution in [-0.2, 0) is 27.4 Å². The van der Waals surface area contributed by atoms with Crippen LogP contribution in [-0.4, -0.2) is 54.3 Å². The van der Waals surface area contributed by atoms with E-state index in [2.05, 4.69) is 4.98 Å². The van der Waals surface area contributed by atoms with Gasteiger partial charge in [-0.3, -0.25) is 4.79 Å². The molecule has 2 aromatic rings. The zero-order valence-electron chi connectivity index (χ0n) is 13.4. The number of carbonyl (C=O) groups is 1. The van der Waals surface area contributed by atoms with Crippen molar-refractivity contribution in [2.75, 3.05) is 33.9 Å². The summed E-state index contributed by atoms with van der Waals surface area (Å²) < 4.78 is 12.3. The van der Waals surface area contributed by atoms with Gasteiger partial charge in [-0.1, -0.05) is 12.1 Å². The summed E-state index contributed by atoms with van der Waals surface area (Å²) in [6, 6.07) is 7.81. The fourth-order valence-electron chi connectivity index (χ4n) is 2.24. The Morgan fingerprint density at radius 3 is 2.77 bits per heavy atom. The Balaban J connectivity index is 2.12. The van der Waals surface area contributed by atoms with E-state index in [4.69, 9.17) is 9.47 Å². The van der Waals surface area contributed by atoms with Crippen LogP contribution in [0.15, 0.2) is 24.3 Å². The van der Waals surface area contributed by atoms with Crippen molar-refractivity contribution in [3.05, 3.63) is 30.1 Å². The van der Waals surface area contributed by atoms with Crippen LogP contribution in [0.2, 0.25) is 0 Å². The summed E-state index contributed by atoms with van der Waals surface area (Å²) in [5.41, 5.74) is 1.84. The molecule has 0 aliphatic rings. The molecular weight excluding hydrogens is 282 g/mol. The monoisotopic (exact) mass is 305 g/mol. The number of hydrogen-bond acceptors (Lipinski definition) is 5. The normalized spacial score (nSPS) is 11.3. The lowest BCUT2D eigenvalue weighted by molar-refractivity contribution is -0.145. The molecule has 0 saturated heterocycles. The minimum absolute atomic E-state index is 0.163. The molecule has 1 aromatic carbocycles. The zero-order valence-corrected chi connectivity index (χ0v) is 13.4. The molecule has 0 spiro atoms. The van der Waals surface area contributed by atoms with Crippen LogP contribution in [0.3, 0.4) is 0 Å². The van der Waals surface area contributed by atoms with Gasteiger partial charge in [0.25, 0.3) is 0 Å². The molecule has 0 amide bonds. The van der Waals surface area contributed by atoms with Crippen LogP contribution >= 0.6 is 0 Å². The van der Waals surface area contributed by atoms with E-state index in [9.17, 15) is 4.79 Å². The lowest BCUT2D eigenvalue weighted by Crippen LogP contribution is -2.20. The fraction of sp³-hybridized carbons (Fsp3) is 0.500. The Morgan fingerprint density at radius 1 is 1.27 bits per heavy atom. The Labute approximate surface area is 130 Å². The van der Waals surface area contributed by atoms with Gasteiger partial charge in [0.1, 0.15) is 19.0 Å². The standard InChI is InChI=1S/C16H23N3O3/c1-4-21-9-10-22-16(20)12-19-14-8-6-5-7-13(14)17-15(19)11-18(2)3/h5-8H,4,9-12H2,1-3H3. The molecule has 1 aromatic heterocycles. The lowest BCUT2D eigenvalue weighted by atomic mass is 10.3. The van der Waals surface area contributed by atoms with Crippen molar-refractivity contribution >= 4 is 17.0 Å². The van der Waals surface area contributed by atoms with E-state index < -0.39 is 0 Å². The average Bonchev–Trinajstić information content (AvgIpc) is 2.81. The summed E-state index contributed by atoms with van der Waals surface area (Å²) in [6.07, 6.45) is 0. The third-order valence-corrected chi connectivity index (χ3v) is 3.17. The van der Waals surface area contributed by atoms with Crippen LogP contribution < -0.4 is 0 Å². The summed E-state index contributed by atoms with van der Waals surface area (Å²) in [5.74, 6) is 0.579. The molecule has 6 nitrogen and oxygen atoms in total. The molecule has 120 valence electrons. The van der Waals surface area contributed by atoms with Gasteiger partial charge in [0, 0.05) is 6.61 Å². The van der Waals surface area contributed by atoms with E-state index >= 15 is 0 Å². The number of benzene rings is 1. The fourth-order valence-corrected chi connectivity index (χ4v) is 2.24. The number of hydrogen-bond donors (Lipinski definition) is 0. The van der Waals surface area contributed by atoms with Crippen molar-refractivity contribution in [2.24, 2.45) is 0 Å². The van der Waals surface area contributed by atoms with Crippen LogP contribution in [0.4, 0.5) is 0 Å². The number of imidazole rings is 1. The summed E-state index contributed by atoms with van der Waals surface area (Å²) in [5, 5.41) is 0. The lowest BCUT2D eigenvalue weighted by Gasteiger charge is -2.12. The highest BCUT2D eigenvalue weighted by Crippen LogP contribution is 2.17. The van der Waals surface area contributed by atoms with Gasteiger partial charge in [-0.15, -0.1) is 0 Å². The third-order valence-electron chi connectivity index (χ3n) is 3.17. The number of rotatable bonds is 8. The Morgan fingerprint density at radius 2 is 2.05 bits per heavy atom. The third kappa shape index (κ3) is 4.29. The van der Waals surface area contributed by atoms with Crippen molar-refractivity contribution in [3.63, 3.8) is 0 Å². The molecule has 0 bridgehead atoms. The molecule has 0 saturated carbocycles. The molecule has 0 fully saturated rings. The van der Waals surface area contributed by atoms with Gasteiger partial charge in [-0.05, 0) is 33.2 Å². The average molecular weight is 305 g/mol. The maximum Gasteiger partial charge on any atom is 0.326 e. The van der Waals surface area contributed by atoms with Gasteiger partial charge in [-0.25, -0.2) is 4.98 Å². The molecule has 6 heteroatoms. The van der Waals surface area contributed by atoms with Crippen molar-refractivity contribution in [1.29, 1.82) is 0 Å². The molecule has 1 heterocycles. The van der Waals surface area contributed by atoms with E-state index in [1.807, 2.05) is 54.8 Å². The Bertz CT molecular complexity index is 622. The van der Waals surface area contributed by atoms with E-state index in [-0.39, 0.29) is 19.1 Å². The number of ether oxygens (including phenoxy) is 2. The number of para-hydroxylation sites is 2. The van der Waals surface area contributed by atoms with Crippen LogP contribution in [0, 0.1) is 0 Å². The highest BCUT2D eigenvalue weighted by molar-refractivity contribution is 5.78. The molecule has 0 unspecified atom stereocenters. The predicted molar refractivity (Wildman–Crippen MR) is 84.6 cm³/mol. The van der Waals surface area contributed by atoms with E-state index in [0.29, 0.717) is 19.8 Å². The van der Waals surface area contributed by atoms with Gasteiger partial charge in [0.15, 0.2) is 0 Å². The number of aromatic nitrogens is 2. The maximum atomic E-state index is 12.0. The van der Waals surface area contributed by atoms with Crippen molar-refractivity contribution < 1.29 is 14.3 Å². The minimum Gasteiger partial charge on any atom is -0.462 e. The highest BCUT2D eigenvalue weighted by Gasteiger charge is 2.14. The second-order valence-electron chi connectivity index (χ2n) is 5.26. The van der Waals surface area contributed by atoms with E-state index in [1.165, 1.54) is 0 Å². The molecule has 0 aliphatic heterocycles. The first-order chi connectivity index (χ1) is 10.6. The molecular formula is C16H23N3O3. The Kier molecular flexibility index (Phi) is 5.91. The molecule has 22 heavy (non-hydrogen) atoms. The molecule has 0 N–H and O–H groups in total. The quantitative estimate of drug-likeness (QED) is 0.548. The van der Waals surface area contributed by atoms with Crippen LogP contribution in [0.25, 0.3) is 11.0 Å². The van der Waals surface area contributed by atoms with Gasteiger partial charge in [-0.2, -0.15) is 0 Å². The van der Waals surface area contributed by atoms with Gasteiger partial charge < -0.3 is 18.9 Å². The zero-order chi connectivity index (χ0) is 15.9. The summed E-state index contributed by atoms with van der Waals surface area (Å²) in [7, 11) is 3.95. The first-order valence-corrected chi connectivity index (χ1v) is 7.44. The van der Waals surface area contributed by atoms with Crippen LogP contribution in [0.5, 0.6) is 0 Å². The molecule has 0 atom stereocenters. The van der Waals surface area contributed by atoms with Crippen LogP contribution in [0.1, 0.15) is 12.7 Å². The number of carbonyl (C=O) groups excluding carboxylic acids is 1.